The first-order chi connectivity index (χ1) is 7.09. The lowest BCUT2D eigenvalue weighted by Crippen LogP contribution is -1.89. The highest BCUT2D eigenvalue weighted by Crippen LogP contribution is 2.28. The van der Waals surface area contributed by atoms with Gasteiger partial charge in [0, 0.05) is 23.7 Å². The van der Waals surface area contributed by atoms with Gasteiger partial charge in [0.2, 0.25) is 0 Å². The average Bonchev–Trinajstić information content (AvgIpc) is 2.23. The minimum Gasteiger partial charge on any atom is -0.258 e. The van der Waals surface area contributed by atoms with Gasteiger partial charge in [0.25, 0.3) is 5.69 Å². The Kier molecular flexibility index (Phi) is 2.28. The zero-order chi connectivity index (χ0) is 11.0. The van der Waals surface area contributed by atoms with E-state index in [0.717, 1.165) is 5.56 Å². The average molecular weight is 223 g/mol. The first kappa shape index (κ1) is 9.86. The van der Waals surface area contributed by atoms with Crippen LogP contribution in [0.25, 0.3) is 10.9 Å². The summed E-state index contributed by atoms with van der Waals surface area (Å²) in [6.45, 7) is 1.81. The van der Waals surface area contributed by atoms with E-state index in [1.807, 2.05) is 6.92 Å². The number of hydrogen-bond donors (Lipinski definition) is 0. The van der Waals surface area contributed by atoms with E-state index < -0.39 is 4.92 Å². The third-order valence-corrected chi connectivity index (χ3v) is 2.67. The minimum absolute atomic E-state index is 0.0248. The van der Waals surface area contributed by atoms with Crippen LogP contribution in [0.4, 0.5) is 5.69 Å². The Morgan fingerprint density at radius 2 is 2.20 bits per heavy atom. The fourth-order valence-corrected chi connectivity index (χ4v) is 1.56. The summed E-state index contributed by atoms with van der Waals surface area (Å²) >= 11 is 6.04. The first-order valence-electron chi connectivity index (χ1n) is 4.29. The Labute approximate surface area is 90.7 Å². The van der Waals surface area contributed by atoms with Crippen LogP contribution in [0.5, 0.6) is 0 Å². The second-order valence-corrected chi connectivity index (χ2v) is 3.59. The number of non-ortho nitro benzene ring substituents is 1. The molecule has 0 bridgehead atoms. The Hall–Kier alpha value is -1.68. The van der Waals surface area contributed by atoms with Crippen LogP contribution in [-0.2, 0) is 0 Å². The highest BCUT2D eigenvalue weighted by atomic mass is 35.5. The van der Waals surface area contributed by atoms with Crippen molar-refractivity contribution in [2.24, 2.45) is 0 Å². The number of nitro benzene ring substituents is 1. The van der Waals surface area contributed by atoms with Gasteiger partial charge in [-0.25, -0.2) is 0 Å². The summed E-state index contributed by atoms with van der Waals surface area (Å²) in [4.78, 5) is 14.3. The Balaban J connectivity index is 2.79. The molecule has 76 valence electrons. The number of aryl methyl sites for hydroxylation is 1. The number of nitrogens with zero attached hydrogens (tertiary/aromatic N) is 2. The molecule has 0 saturated carbocycles. The molecule has 0 N–H and O–H groups in total. The van der Waals surface area contributed by atoms with E-state index in [2.05, 4.69) is 4.98 Å². The van der Waals surface area contributed by atoms with E-state index in [1.165, 1.54) is 12.1 Å². The summed E-state index contributed by atoms with van der Waals surface area (Å²) in [6.07, 6.45) is 1.65. The van der Waals surface area contributed by atoms with Crippen molar-refractivity contribution in [1.29, 1.82) is 0 Å². The zero-order valence-corrected chi connectivity index (χ0v) is 8.65. The number of halogens is 1. The van der Waals surface area contributed by atoms with Crippen LogP contribution in [-0.4, -0.2) is 9.91 Å². The molecule has 0 aliphatic heterocycles. The minimum atomic E-state index is -0.446. The van der Waals surface area contributed by atoms with Gasteiger partial charge in [-0.05, 0) is 18.6 Å². The molecular weight excluding hydrogens is 216 g/mol. The smallest absolute Gasteiger partial charge is 0.258 e. The van der Waals surface area contributed by atoms with Gasteiger partial charge in [0.1, 0.15) is 0 Å². The quantitative estimate of drug-likeness (QED) is 0.550. The van der Waals surface area contributed by atoms with Crippen molar-refractivity contribution in [3.05, 3.63) is 45.1 Å². The van der Waals surface area contributed by atoms with Crippen molar-refractivity contribution in [2.75, 3.05) is 0 Å². The maximum absolute atomic E-state index is 10.6. The summed E-state index contributed by atoms with van der Waals surface area (Å²) in [5, 5.41) is 11.7. The molecule has 1 heterocycles. The maximum atomic E-state index is 10.6. The van der Waals surface area contributed by atoms with Crippen LogP contribution in [0.1, 0.15) is 5.56 Å². The summed E-state index contributed by atoms with van der Waals surface area (Å²) in [5.41, 5.74) is 1.50. The number of fused-ring (bicyclic) bond motifs is 1. The van der Waals surface area contributed by atoms with Crippen LogP contribution < -0.4 is 0 Å². The van der Waals surface area contributed by atoms with E-state index in [-0.39, 0.29) is 5.69 Å². The van der Waals surface area contributed by atoms with Crippen LogP contribution >= 0.6 is 11.6 Å². The maximum Gasteiger partial charge on any atom is 0.270 e. The normalized spacial score (nSPS) is 10.5. The van der Waals surface area contributed by atoms with E-state index in [1.54, 1.807) is 12.3 Å². The largest absolute Gasteiger partial charge is 0.270 e. The second-order valence-electron chi connectivity index (χ2n) is 3.21. The number of rotatable bonds is 1. The van der Waals surface area contributed by atoms with Gasteiger partial charge in [0.05, 0.1) is 15.5 Å². The molecule has 5 heteroatoms. The fraction of sp³-hybridized carbons (Fsp3) is 0.100. The van der Waals surface area contributed by atoms with E-state index >= 15 is 0 Å². The lowest BCUT2D eigenvalue weighted by atomic mass is 10.1. The Bertz CT molecular complexity index is 554. The number of benzene rings is 1. The van der Waals surface area contributed by atoms with Gasteiger partial charge in [-0.2, -0.15) is 0 Å². The molecule has 4 nitrogen and oxygen atoms in total. The highest BCUT2D eigenvalue weighted by molar-refractivity contribution is 6.36. The van der Waals surface area contributed by atoms with Crippen LogP contribution in [0, 0.1) is 17.0 Å². The monoisotopic (exact) mass is 222 g/mol. The summed E-state index contributed by atoms with van der Waals surface area (Å²) in [7, 11) is 0. The molecule has 0 unspecified atom stereocenters. The Morgan fingerprint density at radius 3 is 2.87 bits per heavy atom. The van der Waals surface area contributed by atoms with E-state index in [0.29, 0.717) is 15.9 Å². The summed E-state index contributed by atoms with van der Waals surface area (Å²) in [6, 6.07) is 4.46. The lowest BCUT2D eigenvalue weighted by molar-refractivity contribution is -0.384. The van der Waals surface area contributed by atoms with Crippen molar-refractivity contribution < 1.29 is 4.92 Å². The van der Waals surface area contributed by atoms with Crippen molar-refractivity contribution in [1.82, 2.24) is 4.98 Å². The predicted octanol–water partition coefficient (Wildman–Crippen LogP) is 3.10. The van der Waals surface area contributed by atoms with Gasteiger partial charge >= 0.3 is 0 Å². The van der Waals surface area contributed by atoms with Crippen LogP contribution in [0.15, 0.2) is 24.4 Å². The molecule has 2 rings (SSSR count). The lowest BCUT2D eigenvalue weighted by Gasteiger charge is -2.02. The molecule has 0 amide bonds. The molecule has 0 aliphatic carbocycles. The van der Waals surface area contributed by atoms with E-state index in [9.17, 15) is 10.1 Å². The topological polar surface area (TPSA) is 56.0 Å². The molecule has 0 aliphatic rings. The van der Waals surface area contributed by atoms with Crippen molar-refractivity contribution >= 4 is 28.2 Å². The molecule has 0 radical (unpaired) electrons. The predicted molar refractivity (Wildman–Crippen MR) is 58.1 cm³/mol. The highest BCUT2D eigenvalue weighted by Gasteiger charge is 2.09. The summed E-state index contributed by atoms with van der Waals surface area (Å²) < 4.78 is 0. The fourth-order valence-electron chi connectivity index (χ4n) is 1.36. The van der Waals surface area contributed by atoms with Gasteiger partial charge in [-0.15, -0.1) is 0 Å². The van der Waals surface area contributed by atoms with Gasteiger partial charge in [-0.1, -0.05) is 11.6 Å². The molecule has 0 saturated heterocycles. The molecular formula is C10H7ClN2O2. The molecule has 1 aromatic carbocycles. The molecule has 1 aromatic heterocycles. The third kappa shape index (κ3) is 1.64. The number of hydrogen-bond acceptors (Lipinski definition) is 3. The standard InChI is InChI=1S/C10H7ClN2O2/c1-6-5-12-9-3-2-7(13(14)15)4-8(9)10(6)11/h2-5H,1H3. The zero-order valence-electron chi connectivity index (χ0n) is 7.90. The number of pyridine rings is 1. The molecule has 0 atom stereocenters. The van der Waals surface area contributed by atoms with Crippen molar-refractivity contribution in [3.8, 4) is 0 Å². The number of aromatic nitrogens is 1. The number of nitro groups is 1. The SMILES string of the molecule is Cc1cnc2ccc([N+](=O)[O-])cc2c1Cl. The first-order valence-corrected chi connectivity index (χ1v) is 4.66. The van der Waals surface area contributed by atoms with Crippen molar-refractivity contribution in [3.63, 3.8) is 0 Å². The van der Waals surface area contributed by atoms with Crippen LogP contribution in [0.3, 0.4) is 0 Å². The van der Waals surface area contributed by atoms with E-state index in [4.69, 9.17) is 11.6 Å². The molecule has 15 heavy (non-hydrogen) atoms. The van der Waals surface area contributed by atoms with Gasteiger partial charge in [0.15, 0.2) is 0 Å². The second kappa shape index (κ2) is 3.47. The molecule has 2 aromatic rings. The van der Waals surface area contributed by atoms with Crippen molar-refractivity contribution in [2.45, 2.75) is 6.92 Å². The van der Waals surface area contributed by atoms with Crippen LogP contribution in [0.2, 0.25) is 5.02 Å². The Morgan fingerprint density at radius 1 is 1.47 bits per heavy atom. The molecule has 0 spiro atoms. The third-order valence-electron chi connectivity index (χ3n) is 2.17. The summed E-state index contributed by atoms with van der Waals surface area (Å²) in [5.74, 6) is 0. The van der Waals surface area contributed by atoms with Gasteiger partial charge < -0.3 is 0 Å². The molecule has 0 fully saturated rings. The van der Waals surface area contributed by atoms with Gasteiger partial charge in [-0.3, -0.25) is 15.1 Å².